The molecule has 0 fully saturated rings. The molecule has 0 aromatic carbocycles. The van der Waals surface area contributed by atoms with E-state index in [0.29, 0.717) is 25.0 Å². The maximum atomic E-state index is 11.6. The van der Waals surface area contributed by atoms with E-state index in [1.54, 1.807) is 6.21 Å². The fraction of sp³-hybridized carbons (Fsp3) is 0.615. The number of hydrogen-bond acceptors (Lipinski definition) is 7. The van der Waals surface area contributed by atoms with Gasteiger partial charge in [0.15, 0.2) is 0 Å². The summed E-state index contributed by atoms with van der Waals surface area (Å²) < 4.78 is 4.91. The Bertz CT molecular complexity index is 473. The van der Waals surface area contributed by atoms with Crippen molar-refractivity contribution in [2.45, 2.75) is 32.1 Å². The molecule has 1 unspecified atom stereocenters. The number of hydrogen-bond donors (Lipinski definition) is 1. The monoisotopic (exact) mass is 314 g/mol. The van der Waals surface area contributed by atoms with Gasteiger partial charge < -0.3 is 14.7 Å². The summed E-state index contributed by atoms with van der Waals surface area (Å²) in [7, 11) is 0. The molecule has 122 valence electrons. The van der Waals surface area contributed by atoms with E-state index < -0.39 is 22.9 Å². The van der Waals surface area contributed by atoms with Crippen molar-refractivity contribution in [2.24, 2.45) is 10.9 Å². The van der Waals surface area contributed by atoms with Gasteiger partial charge in [-0.15, -0.1) is 10.1 Å². The van der Waals surface area contributed by atoms with Crippen LogP contribution in [0.4, 0.5) is 0 Å². The minimum atomic E-state index is -1.07. The van der Waals surface area contributed by atoms with E-state index in [2.05, 4.69) is 9.83 Å². The predicted octanol–water partition coefficient (Wildman–Crippen LogP) is 1.36. The first-order chi connectivity index (χ1) is 10.5. The first kappa shape index (κ1) is 17.6. The van der Waals surface area contributed by atoms with Crippen LogP contribution in [0.2, 0.25) is 0 Å². The molecule has 0 amide bonds. The van der Waals surface area contributed by atoms with Crippen molar-refractivity contribution in [3.05, 3.63) is 21.9 Å². The quantitative estimate of drug-likeness (QED) is 0.264. The molecule has 9 nitrogen and oxygen atoms in total. The van der Waals surface area contributed by atoms with Crippen LogP contribution in [-0.2, 0) is 19.2 Å². The van der Waals surface area contributed by atoms with Crippen LogP contribution in [0.25, 0.3) is 0 Å². The maximum Gasteiger partial charge on any atom is 0.307 e. The fourth-order valence-corrected chi connectivity index (χ4v) is 1.84. The zero-order valence-electron chi connectivity index (χ0n) is 12.0. The summed E-state index contributed by atoms with van der Waals surface area (Å²) >= 11 is 0. The number of carboxylic acid groups (broad SMARTS) is 1. The summed E-state index contributed by atoms with van der Waals surface area (Å²) in [5.41, 5.74) is 0.664. The predicted molar refractivity (Wildman–Crippen MR) is 74.7 cm³/mol. The van der Waals surface area contributed by atoms with Crippen molar-refractivity contribution in [2.75, 3.05) is 13.2 Å². The molecular formula is C13H18N2O7. The normalized spacial score (nSPS) is 14.3. The molecule has 0 spiro atoms. The molecule has 1 aliphatic heterocycles. The third-order valence-corrected chi connectivity index (χ3v) is 2.93. The fourth-order valence-electron chi connectivity index (χ4n) is 1.84. The number of carbonyl (C=O) groups excluding carboxylic acids is 1. The van der Waals surface area contributed by atoms with Gasteiger partial charge in [0.1, 0.15) is 0 Å². The highest BCUT2D eigenvalue weighted by molar-refractivity contribution is 5.79. The first-order valence-corrected chi connectivity index (χ1v) is 6.86. The van der Waals surface area contributed by atoms with Crippen molar-refractivity contribution in [1.82, 2.24) is 0 Å². The summed E-state index contributed by atoms with van der Waals surface area (Å²) in [5.74, 6) is -2.55. The zero-order chi connectivity index (χ0) is 16.4. The van der Waals surface area contributed by atoms with Crippen LogP contribution in [0.3, 0.4) is 0 Å². The first-order valence-electron chi connectivity index (χ1n) is 6.86. The van der Waals surface area contributed by atoms with Crippen LogP contribution in [0, 0.1) is 16.0 Å². The van der Waals surface area contributed by atoms with E-state index in [4.69, 9.17) is 9.84 Å². The van der Waals surface area contributed by atoms with Crippen molar-refractivity contribution in [3.8, 4) is 0 Å². The van der Waals surface area contributed by atoms with Crippen molar-refractivity contribution >= 4 is 18.2 Å². The number of nitrogens with zero attached hydrogens (tertiary/aromatic N) is 2. The van der Waals surface area contributed by atoms with Gasteiger partial charge in [-0.2, -0.15) is 0 Å². The Kier molecular flexibility index (Phi) is 7.58. The Morgan fingerprint density at radius 3 is 2.73 bits per heavy atom. The standard InChI is InChI=1S/C13H18N2O7/c16-12(21-6-1-2-7-22-15(19)20)9-10(13(17)18)8-11-4-3-5-14-11/h4-5,10H,1-3,6-9H2,(H,17,18). The van der Waals surface area contributed by atoms with E-state index in [-0.39, 0.29) is 26.1 Å². The molecule has 0 aromatic rings. The molecular weight excluding hydrogens is 296 g/mol. The van der Waals surface area contributed by atoms with Gasteiger partial charge in [-0.25, -0.2) is 0 Å². The lowest BCUT2D eigenvalue weighted by Crippen LogP contribution is -2.20. The lowest BCUT2D eigenvalue weighted by Gasteiger charge is -2.11. The Hall–Kier alpha value is -2.45. The molecule has 1 heterocycles. The molecule has 22 heavy (non-hydrogen) atoms. The molecule has 0 aliphatic carbocycles. The van der Waals surface area contributed by atoms with E-state index in [0.717, 1.165) is 0 Å². The number of esters is 1. The minimum Gasteiger partial charge on any atom is -0.481 e. The highest BCUT2D eigenvalue weighted by atomic mass is 16.9. The SMILES string of the molecule is O=C(CC(CC1=CCC=N1)C(=O)O)OCCCCO[N+](=O)[O-]. The highest BCUT2D eigenvalue weighted by Gasteiger charge is 2.23. The molecule has 1 atom stereocenters. The Labute approximate surface area is 126 Å². The molecule has 0 saturated heterocycles. The topological polar surface area (TPSA) is 128 Å². The van der Waals surface area contributed by atoms with E-state index >= 15 is 0 Å². The second-order valence-electron chi connectivity index (χ2n) is 4.67. The second-order valence-corrected chi connectivity index (χ2v) is 4.67. The van der Waals surface area contributed by atoms with E-state index in [9.17, 15) is 19.7 Å². The third kappa shape index (κ3) is 7.36. The van der Waals surface area contributed by atoms with Crippen LogP contribution < -0.4 is 0 Å². The number of allylic oxidation sites excluding steroid dienone is 2. The van der Waals surface area contributed by atoms with Crippen LogP contribution in [0.1, 0.15) is 32.1 Å². The van der Waals surface area contributed by atoms with Gasteiger partial charge in [0, 0.05) is 24.8 Å². The van der Waals surface area contributed by atoms with E-state index in [1.165, 1.54) is 0 Å². The molecule has 1 N–H and O–H groups in total. The van der Waals surface area contributed by atoms with Gasteiger partial charge in [-0.3, -0.25) is 14.6 Å². The van der Waals surface area contributed by atoms with Crippen LogP contribution in [0.5, 0.6) is 0 Å². The maximum absolute atomic E-state index is 11.6. The molecule has 1 aliphatic rings. The summed E-state index contributed by atoms with van der Waals surface area (Å²) in [4.78, 5) is 40.8. The summed E-state index contributed by atoms with van der Waals surface area (Å²) in [5, 5.41) is 18.1. The van der Waals surface area contributed by atoms with Gasteiger partial charge in [0.05, 0.1) is 25.6 Å². The van der Waals surface area contributed by atoms with Gasteiger partial charge in [0.25, 0.3) is 5.09 Å². The number of carbonyl (C=O) groups is 2. The molecule has 0 bridgehead atoms. The Morgan fingerprint density at radius 1 is 1.41 bits per heavy atom. The highest BCUT2D eigenvalue weighted by Crippen LogP contribution is 2.20. The summed E-state index contributed by atoms with van der Waals surface area (Å²) in [6.45, 7) is 0.0154. The Balaban J connectivity index is 2.21. The smallest absolute Gasteiger partial charge is 0.307 e. The third-order valence-electron chi connectivity index (χ3n) is 2.93. The van der Waals surface area contributed by atoms with Crippen molar-refractivity contribution in [3.63, 3.8) is 0 Å². The molecule has 9 heteroatoms. The number of aliphatic imine (C=N–C) groups is 1. The van der Waals surface area contributed by atoms with Crippen molar-refractivity contribution < 1.29 is 29.4 Å². The Morgan fingerprint density at radius 2 is 2.14 bits per heavy atom. The van der Waals surface area contributed by atoms with Gasteiger partial charge in [0.2, 0.25) is 0 Å². The zero-order valence-corrected chi connectivity index (χ0v) is 12.0. The number of aliphatic carboxylic acids is 1. The molecule has 0 radical (unpaired) electrons. The average molecular weight is 314 g/mol. The molecule has 1 rings (SSSR count). The number of unbranched alkanes of at least 4 members (excludes halogenated alkanes) is 1. The lowest BCUT2D eigenvalue weighted by atomic mass is 10.00. The number of rotatable bonds is 11. The average Bonchev–Trinajstić information content (AvgIpc) is 2.94. The number of ether oxygens (including phenoxy) is 1. The van der Waals surface area contributed by atoms with Crippen molar-refractivity contribution in [1.29, 1.82) is 0 Å². The second kappa shape index (κ2) is 9.48. The largest absolute Gasteiger partial charge is 0.481 e. The molecule has 0 saturated carbocycles. The minimum absolute atomic E-state index is 0.0611. The lowest BCUT2D eigenvalue weighted by molar-refractivity contribution is -0.757. The molecule has 0 aromatic heterocycles. The summed E-state index contributed by atoms with van der Waals surface area (Å²) in [6, 6.07) is 0. The van der Waals surface area contributed by atoms with Crippen LogP contribution in [0.15, 0.2) is 16.8 Å². The van der Waals surface area contributed by atoms with Crippen LogP contribution in [-0.4, -0.2) is 41.6 Å². The van der Waals surface area contributed by atoms with Gasteiger partial charge in [-0.05, 0) is 12.8 Å². The van der Waals surface area contributed by atoms with Gasteiger partial charge in [-0.1, -0.05) is 6.08 Å². The van der Waals surface area contributed by atoms with E-state index in [1.807, 2.05) is 6.08 Å². The summed E-state index contributed by atoms with van der Waals surface area (Å²) in [6.07, 6.45) is 4.92. The number of carboxylic acids is 1. The van der Waals surface area contributed by atoms with Crippen LogP contribution >= 0.6 is 0 Å². The van der Waals surface area contributed by atoms with Gasteiger partial charge >= 0.3 is 11.9 Å².